The van der Waals surface area contributed by atoms with Gasteiger partial charge in [-0.25, -0.2) is 4.79 Å². The summed E-state index contributed by atoms with van der Waals surface area (Å²) in [5.41, 5.74) is 0.800. The molecule has 5 rings (SSSR count). The van der Waals surface area contributed by atoms with Gasteiger partial charge in [0, 0.05) is 35.9 Å². The minimum atomic E-state index is -0.645. The highest BCUT2D eigenvalue weighted by Crippen LogP contribution is 2.48. The van der Waals surface area contributed by atoms with Crippen LogP contribution in [0.15, 0.2) is 34.9 Å². The number of alkyl carbamates (subject to hydrolysis) is 1. The Morgan fingerprint density at radius 2 is 1.80 bits per heavy atom. The minimum Gasteiger partial charge on any atom is -0.444 e. The van der Waals surface area contributed by atoms with Gasteiger partial charge in [-0.15, -0.1) is 0 Å². The third-order valence-electron chi connectivity index (χ3n) is 8.53. The van der Waals surface area contributed by atoms with E-state index in [0.717, 1.165) is 56.8 Å². The van der Waals surface area contributed by atoms with Crippen LogP contribution < -0.4 is 16.0 Å². The molecule has 3 aliphatic carbocycles. The first-order valence-electron chi connectivity index (χ1n) is 15.0. The van der Waals surface area contributed by atoms with Gasteiger partial charge in [0.15, 0.2) is 5.82 Å². The van der Waals surface area contributed by atoms with E-state index in [1.54, 1.807) is 20.8 Å². The number of carbonyl (C=O) groups is 2. The average molecular weight is 552 g/mol. The molecule has 9 nitrogen and oxygen atoms in total. The molecule has 0 radical (unpaired) electrons. The van der Waals surface area contributed by atoms with Crippen molar-refractivity contribution in [2.45, 2.75) is 121 Å². The second-order valence-corrected chi connectivity index (χ2v) is 13.4. The summed E-state index contributed by atoms with van der Waals surface area (Å²) in [6.45, 7) is 10.1. The highest BCUT2D eigenvalue weighted by atomic mass is 16.6. The molecule has 3 atom stereocenters. The summed E-state index contributed by atoms with van der Waals surface area (Å²) in [7, 11) is 0. The van der Waals surface area contributed by atoms with Gasteiger partial charge in [0.1, 0.15) is 11.6 Å². The van der Waals surface area contributed by atoms with Crippen LogP contribution in [-0.4, -0.2) is 52.4 Å². The fraction of sp³-hybridized carbons (Fsp3) is 0.677. The van der Waals surface area contributed by atoms with E-state index in [1.807, 2.05) is 13.8 Å². The Labute approximate surface area is 237 Å². The first kappa shape index (κ1) is 28.6. The molecule has 3 saturated carbocycles. The SMILES string of the molecule is CC(C)[C@H](NC(=O)OC(C)(C)C)C(=O)N[C@H]1CC[C@H](c2nc(C3(CN[C@@H]4C[C@H]4c4ccccc4)CC3)no2)CC1. The van der Waals surface area contributed by atoms with E-state index in [9.17, 15) is 9.59 Å². The van der Waals surface area contributed by atoms with Crippen molar-refractivity contribution >= 4 is 12.0 Å². The maximum atomic E-state index is 13.0. The molecule has 1 aromatic heterocycles. The van der Waals surface area contributed by atoms with Gasteiger partial charge in [0.25, 0.3) is 0 Å². The minimum absolute atomic E-state index is 0.00372. The molecule has 9 heteroatoms. The summed E-state index contributed by atoms with van der Waals surface area (Å²) in [5.74, 6) is 2.16. The van der Waals surface area contributed by atoms with Gasteiger partial charge in [-0.3, -0.25) is 4.79 Å². The molecule has 1 heterocycles. The molecule has 3 N–H and O–H groups in total. The molecule has 2 aromatic rings. The molecule has 3 aliphatic rings. The first-order valence-corrected chi connectivity index (χ1v) is 15.0. The van der Waals surface area contributed by atoms with E-state index in [2.05, 4.69) is 51.4 Å². The molecule has 2 amide bonds. The predicted octanol–water partition coefficient (Wildman–Crippen LogP) is 4.94. The van der Waals surface area contributed by atoms with Crippen LogP contribution in [-0.2, 0) is 14.9 Å². The van der Waals surface area contributed by atoms with Crippen LogP contribution in [0.25, 0.3) is 0 Å². The molecular weight excluding hydrogens is 506 g/mol. The van der Waals surface area contributed by atoms with Crippen LogP contribution >= 0.6 is 0 Å². The third-order valence-corrected chi connectivity index (χ3v) is 8.53. The van der Waals surface area contributed by atoms with Gasteiger partial charge in [-0.05, 0) is 77.2 Å². The van der Waals surface area contributed by atoms with Crippen molar-refractivity contribution in [2.75, 3.05) is 6.54 Å². The molecule has 0 unspecified atom stereocenters. The molecular formula is C31H45N5O4. The van der Waals surface area contributed by atoms with Crippen molar-refractivity contribution < 1.29 is 18.8 Å². The smallest absolute Gasteiger partial charge is 0.408 e. The van der Waals surface area contributed by atoms with Crippen molar-refractivity contribution in [1.82, 2.24) is 26.1 Å². The fourth-order valence-corrected chi connectivity index (χ4v) is 5.81. The lowest BCUT2D eigenvalue weighted by Crippen LogP contribution is -2.53. The zero-order valence-electron chi connectivity index (χ0n) is 24.5. The Balaban J connectivity index is 1.08. The number of aromatic nitrogens is 2. The molecule has 0 aliphatic heterocycles. The van der Waals surface area contributed by atoms with Crippen LogP contribution in [0.3, 0.4) is 0 Å². The molecule has 3 fully saturated rings. The second-order valence-electron chi connectivity index (χ2n) is 13.4. The number of nitrogens with one attached hydrogen (secondary N) is 3. The number of benzene rings is 1. The van der Waals surface area contributed by atoms with Crippen LogP contribution in [0.5, 0.6) is 0 Å². The molecule has 0 saturated heterocycles. The molecule has 1 aromatic carbocycles. The molecule has 0 spiro atoms. The maximum Gasteiger partial charge on any atom is 0.408 e. The Kier molecular flexibility index (Phi) is 8.22. The van der Waals surface area contributed by atoms with Crippen molar-refractivity contribution in [3.8, 4) is 0 Å². The number of rotatable bonds is 10. The lowest BCUT2D eigenvalue weighted by molar-refractivity contribution is -0.125. The number of hydrogen-bond acceptors (Lipinski definition) is 7. The summed E-state index contributed by atoms with van der Waals surface area (Å²) >= 11 is 0. The van der Waals surface area contributed by atoms with Crippen LogP contribution in [0.2, 0.25) is 0 Å². The fourth-order valence-electron chi connectivity index (χ4n) is 5.81. The number of nitrogens with zero attached hydrogens (tertiary/aromatic N) is 2. The van der Waals surface area contributed by atoms with Gasteiger partial charge >= 0.3 is 6.09 Å². The topological polar surface area (TPSA) is 118 Å². The van der Waals surface area contributed by atoms with Gasteiger partial charge in [0.2, 0.25) is 11.8 Å². The van der Waals surface area contributed by atoms with Crippen molar-refractivity contribution in [1.29, 1.82) is 0 Å². The maximum absolute atomic E-state index is 13.0. The van der Waals surface area contributed by atoms with Crippen LogP contribution in [0, 0.1) is 5.92 Å². The van der Waals surface area contributed by atoms with Gasteiger partial charge in [0.05, 0.1) is 0 Å². The Bertz CT molecular complexity index is 1160. The predicted molar refractivity (Wildman–Crippen MR) is 152 cm³/mol. The van der Waals surface area contributed by atoms with Gasteiger partial charge in [-0.1, -0.05) is 49.3 Å². The number of amides is 2. The van der Waals surface area contributed by atoms with Crippen LogP contribution in [0.1, 0.15) is 109 Å². The van der Waals surface area contributed by atoms with E-state index in [4.69, 9.17) is 14.2 Å². The monoisotopic (exact) mass is 551 g/mol. The highest BCUT2D eigenvalue weighted by Gasteiger charge is 2.50. The van der Waals surface area contributed by atoms with E-state index in [0.29, 0.717) is 12.0 Å². The van der Waals surface area contributed by atoms with Gasteiger partial charge in [-0.2, -0.15) is 4.98 Å². The Morgan fingerprint density at radius 1 is 1.10 bits per heavy atom. The normalized spacial score (nSPS) is 26.1. The summed E-state index contributed by atoms with van der Waals surface area (Å²) < 4.78 is 11.1. The van der Waals surface area contributed by atoms with Crippen LogP contribution in [0.4, 0.5) is 4.79 Å². The molecule has 0 bridgehead atoms. The van der Waals surface area contributed by atoms with E-state index < -0.39 is 17.7 Å². The summed E-state index contributed by atoms with van der Waals surface area (Å²) in [6.07, 6.45) is 6.22. The lowest BCUT2D eigenvalue weighted by atomic mass is 9.85. The van der Waals surface area contributed by atoms with E-state index in [-0.39, 0.29) is 29.2 Å². The average Bonchev–Trinajstić information content (AvgIpc) is 3.82. The zero-order chi connectivity index (χ0) is 28.5. The largest absolute Gasteiger partial charge is 0.444 e. The van der Waals surface area contributed by atoms with Crippen molar-refractivity contribution in [2.24, 2.45) is 5.92 Å². The lowest BCUT2D eigenvalue weighted by Gasteiger charge is -2.30. The summed E-state index contributed by atoms with van der Waals surface area (Å²) in [5, 5.41) is 14.1. The van der Waals surface area contributed by atoms with E-state index in [1.165, 1.54) is 12.0 Å². The zero-order valence-corrected chi connectivity index (χ0v) is 24.5. The number of ether oxygens (including phenoxy) is 1. The number of carbonyl (C=O) groups excluding carboxylic acids is 2. The first-order chi connectivity index (χ1) is 19.0. The molecule has 218 valence electrons. The molecule has 40 heavy (non-hydrogen) atoms. The third kappa shape index (κ3) is 7.03. The number of hydrogen-bond donors (Lipinski definition) is 3. The highest BCUT2D eigenvalue weighted by molar-refractivity contribution is 5.86. The van der Waals surface area contributed by atoms with Gasteiger partial charge < -0.3 is 25.2 Å². The standard InChI is InChI=1S/C31H45N5O4/c1-19(2)25(34-29(38)39-30(3,4)5)26(37)33-22-13-11-21(12-14-22)27-35-28(36-40-27)31(15-16-31)18-32-24-17-23(24)20-9-7-6-8-10-20/h6-10,19,21-25,32H,11-18H2,1-5H3,(H,33,37)(H,34,38)/t21-,22-,23-,24+,25-/m0/s1. The summed E-state index contributed by atoms with van der Waals surface area (Å²) in [6, 6.07) is 10.7. The Morgan fingerprint density at radius 3 is 2.42 bits per heavy atom. The quantitative estimate of drug-likeness (QED) is 0.383. The second kappa shape index (κ2) is 11.5. The van der Waals surface area contributed by atoms with E-state index >= 15 is 0 Å². The van der Waals surface area contributed by atoms with Crippen molar-refractivity contribution in [3.05, 3.63) is 47.6 Å². The van der Waals surface area contributed by atoms with Crippen molar-refractivity contribution in [3.63, 3.8) is 0 Å². The Hall–Kier alpha value is -2.94. The summed E-state index contributed by atoms with van der Waals surface area (Å²) in [4.78, 5) is 30.1.